The number of ether oxygens (including phenoxy) is 1. The van der Waals surface area contributed by atoms with Gasteiger partial charge in [0.15, 0.2) is 0 Å². The Hall–Kier alpha value is -3.48. The zero-order chi connectivity index (χ0) is 17.6. The van der Waals surface area contributed by atoms with Crippen LogP contribution in [0.2, 0.25) is 0 Å². The highest BCUT2D eigenvalue weighted by Crippen LogP contribution is 2.21. The number of aromatic nitrogens is 2. The van der Waals surface area contributed by atoms with E-state index in [-0.39, 0.29) is 11.9 Å². The SMILES string of the molecule is Cc1ccc(NC(=O)Nc2ccc(Oc3cc(F)ncn3)cc2)cc1. The number of rotatable bonds is 4. The lowest BCUT2D eigenvalue weighted by atomic mass is 10.2. The Bertz CT molecular complexity index is 867. The summed E-state index contributed by atoms with van der Waals surface area (Å²) in [6.07, 6.45) is 1.08. The minimum atomic E-state index is -0.670. The maximum atomic E-state index is 13.0. The van der Waals surface area contributed by atoms with Crippen LogP contribution >= 0.6 is 0 Å². The highest BCUT2D eigenvalue weighted by atomic mass is 19.1. The van der Waals surface area contributed by atoms with Crippen molar-refractivity contribution in [1.29, 1.82) is 0 Å². The monoisotopic (exact) mass is 338 g/mol. The average molecular weight is 338 g/mol. The third kappa shape index (κ3) is 4.74. The topological polar surface area (TPSA) is 76.1 Å². The lowest BCUT2D eigenvalue weighted by Gasteiger charge is -2.09. The van der Waals surface area contributed by atoms with Gasteiger partial charge in [0.05, 0.1) is 6.07 Å². The molecule has 0 aliphatic rings. The first-order valence-corrected chi connectivity index (χ1v) is 7.49. The number of aryl methyl sites for hydroxylation is 1. The molecule has 7 heteroatoms. The van der Waals surface area contributed by atoms with Crippen LogP contribution in [0.5, 0.6) is 11.6 Å². The lowest BCUT2D eigenvalue weighted by molar-refractivity contribution is 0.262. The van der Waals surface area contributed by atoms with Gasteiger partial charge in [-0.1, -0.05) is 17.7 Å². The summed E-state index contributed by atoms with van der Waals surface area (Å²) in [7, 11) is 0. The standard InChI is InChI=1S/C18H15FN4O2/c1-12-2-4-13(5-3-12)22-18(24)23-14-6-8-15(9-7-14)25-17-10-16(19)20-11-21-17/h2-11H,1H3,(H2,22,23,24). The van der Waals surface area contributed by atoms with Gasteiger partial charge in [-0.25, -0.2) is 14.8 Å². The number of carbonyl (C=O) groups is 1. The molecule has 0 fully saturated rings. The molecule has 3 rings (SSSR count). The number of benzene rings is 2. The number of halogens is 1. The number of hydrogen-bond acceptors (Lipinski definition) is 4. The first kappa shape index (κ1) is 16.4. The van der Waals surface area contributed by atoms with E-state index in [1.807, 2.05) is 31.2 Å². The highest BCUT2D eigenvalue weighted by Gasteiger charge is 2.04. The van der Waals surface area contributed by atoms with E-state index in [4.69, 9.17) is 4.74 Å². The van der Waals surface area contributed by atoms with Crippen LogP contribution in [0.15, 0.2) is 60.9 Å². The molecular formula is C18H15FN4O2. The van der Waals surface area contributed by atoms with E-state index in [1.54, 1.807) is 24.3 Å². The molecule has 0 saturated heterocycles. The van der Waals surface area contributed by atoms with Crippen LogP contribution in [0.1, 0.15) is 5.56 Å². The van der Waals surface area contributed by atoms with Gasteiger partial charge in [-0.3, -0.25) is 0 Å². The predicted octanol–water partition coefficient (Wildman–Crippen LogP) is 4.36. The average Bonchev–Trinajstić information content (AvgIpc) is 2.59. The quantitative estimate of drug-likeness (QED) is 0.693. The molecule has 2 N–H and O–H groups in total. The Morgan fingerprint density at radius 1 is 0.960 bits per heavy atom. The van der Waals surface area contributed by atoms with Crippen molar-refractivity contribution in [2.45, 2.75) is 6.92 Å². The van der Waals surface area contributed by atoms with Crippen molar-refractivity contribution in [2.75, 3.05) is 10.6 Å². The van der Waals surface area contributed by atoms with Crippen molar-refractivity contribution >= 4 is 17.4 Å². The molecule has 1 heterocycles. The Balaban J connectivity index is 1.58. The Morgan fingerprint density at radius 2 is 1.56 bits per heavy atom. The van der Waals surface area contributed by atoms with Crippen LogP contribution in [0.4, 0.5) is 20.6 Å². The predicted molar refractivity (Wildman–Crippen MR) is 92.3 cm³/mol. The van der Waals surface area contributed by atoms with E-state index in [1.165, 1.54) is 0 Å². The maximum Gasteiger partial charge on any atom is 0.323 e. The summed E-state index contributed by atoms with van der Waals surface area (Å²) >= 11 is 0. The Kier molecular flexibility index (Phi) is 4.84. The number of hydrogen-bond donors (Lipinski definition) is 2. The fourth-order valence-electron chi connectivity index (χ4n) is 2.03. The smallest absolute Gasteiger partial charge is 0.323 e. The number of amides is 2. The molecule has 1 aromatic heterocycles. The number of nitrogens with one attached hydrogen (secondary N) is 2. The molecule has 0 radical (unpaired) electrons. The van der Waals surface area contributed by atoms with Crippen LogP contribution in [0.25, 0.3) is 0 Å². The third-order valence-corrected chi connectivity index (χ3v) is 3.25. The van der Waals surface area contributed by atoms with Gasteiger partial charge in [0.25, 0.3) is 0 Å². The second-order valence-corrected chi connectivity index (χ2v) is 5.25. The molecule has 2 aromatic carbocycles. The zero-order valence-corrected chi connectivity index (χ0v) is 13.4. The highest BCUT2D eigenvalue weighted by molar-refractivity contribution is 5.99. The van der Waals surface area contributed by atoms with E-state index in [9.17, 15) is 9.18 Å². The molecule has 0 bridgehead atoms. The first-order valence-electron chi connectivity index (χ1n) is 7.49. The van der Waals surface area contributed by atoms with Gasteiger partial charge in [0.2, 0.25) is 11.8 Å². The molecule has 25 heavy (non-hydrogen) atoms. The van der Waals surface area contributed by atoms with Crippen LogP contribution in [-0.4, -0.2) is 16.0 Å². The van der Waals surface area contributed by atoms with E-state index >= 15 is 0 Å². The van der Waals surface area contributed by atoms with Gasteiger partial charge in [-0.15, -0.1) is 0 Å². The fraction of sp³-hybridized carbons (Fsp3) is 0.0556. The van der Waals surface area contributed by atoms with Gasteiger partial charge < -0.3 is 15.4 Å². The van der Waals surface area contributed by atoms with E-state index < -0.39 is 5.95 Å². The summed E-state index contributed by atoms with van der Waals surface area (Å²) in [6, 6.07) is 14.8. The number of anilines is 2. The van der Waals surface area contributed by atoms with Crippen molar-refractivity contribution in [1.82, 2.24) is 9.97 Å². The number of urea groups is 1. The van der Waals surface area contributed by atoms with Crippen molar-refractivity contribution in [2.24, 2.45) is 0 Å². The van der Waals surface area contributed by atoms with Gasteiger partial charge in [0.1, 0.15) is 12.1 Å². The molecule has 0 saturated carbocycles. The largest absolute Gasteiger partial charge is 0.439 e. The second kappa shape index (κ2) is 7.39. The normalized spacial score (nSPS) is 10.2. The molecule has 0 unspecified atom stereocenters. The molecule has 6 nitrogen and oxygen atoms in total. The van der Waals surface area contributed by atoms with Gasteiger partial charge in [-0.2, -0.15) is 4.39 Å². The molecule has 0 aliphatic heterocycles. The van der Waals surface area contributed by atoms with E-state index in [0.717, 1.165) is 18.0 Å². The van der Waals surface area contributed by atoms with Gasteiger partial charge >= 0.3 is 6.03 Å². The number of nitrogens with zero attached hydrogens (tertiary/aromatic N) is 2. The first-order chi connectivity index (χ1) is 12.1. The van der Waals surface area contributed by atoms with Crippen molar-refractivity contribution in [3.63, 3.8) is 0 Å². The summed E-state index contributed by atoms with van der Waals surface area (Å²) in [5, 5.41) is 5.45. The van der Waals surface area contributed by atoms with Gasteiger partial charge in [0, 0.05) is 11.4 Å². The Morgan fingerprint density at radius 3 is 2.16 bits per heavy atom. The third-order valence-electron chi connectivity index (χ3n) is 3.25. The van der Waals surface area contributed by atoms with Crippen molar-refractivity contribution in [3.05, 3.63) is 72.4 Å². The van der Waals surface area contributed by atoms with Gasteiger partial charge in [-0.05, 0) is 43.3 Å². The van der Waals surface area contributed by atoms with Crippen LogP contribution in [0.3, 0.4) is 0 Å². The summed E-state index contributed by atoms with van der Waals surface area (Å²) in [5.74, 6) is -0.107. The van der Waals surface area contributed by atoms with E-state index in [2.05, 4.69) is 20.6 Å². The molecule has 0 aliphatic carbocycles. The van der Waals surface area contributed by atoms with Crippen LogP contribution < -0.4 is 15.4 Å². The minimum absolute atomic E-state index is 0.102. The summed E-state index contributed by atoms with van der Waals surface area (Å²) in [4.78, 5) is 19.1. The summed E-state index contributed by atoms with van der Waals surface area (Å²) in [5.41, 5.74) is 2.41. The minimum Gasteiger partial charge on any atom is -0.439 e. The second-order valence-electron chi connectivity index (χ2n) is 5.25. The summed E-state index contributed by atoms with van der Waals surface area (Å²) in [6.45, 7) is 1.98. The fourth-order valence-corrected chi connectivity index (χ4v) is 2.03. The maximum absolute atomic E-state index is 13.0. The molecule has 3 aromatic rings. The molecule has 126 valence electrons. The van der Waals surface area contributed by atoms with Crippen molar-refractivity contribution < 1.29 is 13.9 Å². The molecular weight excluding hydrogens is 323 g/mol. The molecule has 0 atom stereocenters. The summed E-state index contributed by atoms with van der Waals surface area (Å²) < 4.78 is 18.4. The molecule has 0 spiro atoms. The van der Waals surface area contributed by atoms with Crippen LogP contribution in [-0.2, 0) is 0 Å². The van der Waals surface area contributed by atoms with Crippen LogP contribution in [0, 0.1) is 12.9 Å². The zero-order valence-electron chi connectivity index (χ0n) is 13.4. The van der Waals surface area contributed by atoms with E-state index in [0.29, 0.717) is 17.1 Å². The number of carbonyl (C=O) groups excluding carboxylic acids is 1. The Labute approximate surface area is 143 Å². The lowest BCUT2D eigenvalue weighted by Crippen LogP contribution is -2.19. The van der Waals surface area contributed by atoms with Crippen molar-refractivity contribution in [3.8, 4) is 11.6 Å². The molecule has 2 amide bonds.